The van der Waals surface area contributed by atoms with Crippen LogP contribution >= 0.6 is 0 Å². The average Bonchev–Trinajstić information content (AvgIpc) is 3.32. The van der Waals surface area contributed by atoms with Crippen molar-refractivity contribution in [2.75, 3.05) is 54.2 Å². The molecule has 2 heterocycles. The minimum Gasteiger partial charge on any atom is -0.478 e. The molecule has 1 aliphatic carbocycles. The maximum absolute atomic E-state index is 14.6. The van der Waals surface area contributed by atoms with Gasteiger partial charge in [0.15, 0.2) is 11.6 Å². The third kappa shape index (κ3) is 9.31. The normalized spacial score (nSPS) is 12.0. The van der Waals surface area contributed by atoms with Gasteiger partial charge < -0.3 is 51.0 Å². The van der Waals surface area contributed by atoms with Crippen molar-refractivity contribution < 1.29 is 70.3 Å². The Morgan fingerprint density at radius 3 is 1.90 bits per heavy atom. The quantitative estimate of drug-likeness (QED) is 0.0356. The highest BCUT2D eigenvalue weighted by Gasteiger charge is 2.36. The molecule has 0 unspecified atom stereocenters. The SMILES string of the molecule is CN(c1nc(Oc2cc(C(=O)O)cc(C(=O)O)c2)nc(N(CCO)CCO)n1)c1cc(S(=O)(=O)O)c(Nc2cc(S(=O)(=O)O)c3[nH]c(=O)c(C(=O)c4ccccc4)c4c3c2C(=O)c2ccccc2-4)cc1N. The molecule has 7 aromatic rings. The first-order valence-corrected chi connectivity index (χ1v) is 23.4. The monoisotopic (exact) mass is 1010 g/mol. The molecule has 0 aliphatic heterocycles. The first-order chi connectivity index (χ1) is 33.6. The number of aromatic carboxylic acids is 2. The van der Waals surface area contributed by atoms with Crippen LogP contribution < -0.4 is 31.1 Å². The topological polar surface area (TPSA) is 383 Å². The zero-order chi connectivity index (χ0) is 51.3. The number of anilines is 6. The van der Waals surface area contributed by atoms with Crippen LogP contribution in [0.25, 0.3) is 22.0 Å². The van der Waals surface area contributed by atoms with Gasteiger partial charge in [0.2, 0.25) is 11.9 Å². The third-order valence-corrected chi connectivity index (χ3v) is 12.8. The number of ketones is 2. The molecule has 0 saturated heterocycles. The van der Waals surface area contributed by atoms with E-state index in [2.05, 4.69) is 25.3 Å². The maximum Gasteiger partial charge on any atom is 0.335 e. The number of aliphatic hydroxyl groups excluding tert-OH is 2. The number of nitrogens with zero attached hydrogens (tertiary/aromatic N) is 5. The lowest BCUT2D eigenvalue weighted by Crippen LogP contribution is -2.32. The van der Waals surface area contributed by atoms with Crippen molar-refractivity contribution in [3.63, 3.8) is 0 Å². The van der Waals surface area contributed by atoms with Gasteiger partial charge in [0, 0.05) is 42.2 Å². The molecular formula is C45H36N8O16S2. The van der Waals surface area contributed by atoms with Gasteiger partial charge in [-0.1, -0.05) is 54.6 Å². The lowest BCUT2D eigenvalue weighted by atomic mass is 9.80. The van der Waals surface area contributed by atoms with Crippen LogP contribution in [0.4, 0.5) is 34.6 Å². The van der Waals surface area contributed by atoms with Gasteiger partial charge in [-0.15, -0.1) is 0 Å². The Kier molecular flexibility index (Phi) is 12.8. The van der Waals surface area contributed by atoms with E-state index in [-0.39, 0.29) is 63.8 Å². The number of nitrogens with two attached hydrogens (primary N) is 1. The molecule has 71 heavy (non-hydrogen) atoms. The molecule has 0 saturated carbocycles. The van der Waals surface area contributed by atoms with Crippen LogP contribution in [-0.2, 0) is 20.2 Å². The minimum atomic E-state index is -5.35. The predicted octanol–water partition coefficient (Wildman–Crippen LogP) is 3.72. The van der Waals surface area contributed by atoms with E-state index in [0.717, 1.165) is 41.3 Å². The second-order valence-electron chi connectivity index (χ2n) is 15.5. The fraction of sp³-hybridized carbons (Fsp3) is 0.111. The summed E-state index contributed by atoms with van der Waals surface area (Å²) in [7, 11) is -9.41. The van der Waals surface area contributed by atoms with E-state index in [9.17, 15) is 70.3 Å². The molecule has 10 N–H and O–H groups in total. The van der Waals surface area contributed by atoms with Gasteiger partial charge in [-0.05, 0) is 42.0 Å². The van der Waals surface area contributed by atoms with E-state index in [0.29, 0.717) is 0 Å². The van der Waals surface area contributed by atoms with Crippen molar-refractivity contribution in [1.82, 2.24) is 19.9 Å². The first kappa shape index (κ1) is 48.8. The molecule has 364 valence electrons. The zero-order valence-corrected chi connectivity index (χ0v) is 38.0. The number of benzene rings is 5. The summed E-state index contributed by atoms with van der Waals surface area (Å²) < 4.78 is 80.0. The fourth-order valence-electron chi connectivity index (χ4n) is 7.91. The summed E-state index contributed by atoms with van der Waals surface area (Å²) in [6.07, 6.45) is 0. The third-order valence-electron chi connectivity index (χ3n) is 11.0. The molecule has 0 spiro atoms. The molecule has 0 radical (unpaired) electrons. The van der Waals surface area contributed by atoms with Crippen LogP contribution in [-0.4, -0.2) is 123 Å². The van der Waals surface area contributed by atoms with Crippen molar-refractivity contribution in [1.29, 1.82) is 0 Å². The molecular weight excluding hydrogens is 973 g/mol. The van der Waals surface area contributed by atoms with Crippen molar-refractivity contribution in [3.8, 4) is 22.9 Å². The lowest BCUT2D eigenvalue weighted by Gasteiger charge is -2.26. The Hall–Kier alpha value is -8.66. The van der Waals surface area contributed by atoms with Crippen molar-refractivity contribution in [2.45, 2.75) is 9.79 Å². The van der Waals surface area contributed by atoms with E-state index < -0.39 is 123 Å². The number of pyridine rings is 1. The Morgan fingerprint density at radius 2 is 1.31 bits per heavy atom. The number of carbonyl (C=O) groups excluding carboxylic acids is 2. The number of aromatic nitrogens is 4. The maximum atomic E-state index is 14.6. The van der Waals surface area contributed by atoms with E-state index in [1.807, 2.05) is 0 Å². The van der Waals surface area contributed by atoms with Gasteiger partial charge in [-0.3, -0.25) is 23.5 Å². The average molecular weight is 1010 g/mol. The fourth-order valence-corrected chi connectivity index (χ4v) is 9.24. The van der Waals surface area contributed by atoms with Gasteiger partial charge >= 0.3 is 17.9 Å². The molecule has 8 rings (SSSR count). The van der Waals surface area contributed by atoms with E-state index >= 15 is 0 Å². The summed E-state index contributed by atoms with van der Waals surface area (Å²) in [5, 5.41) is 41.2. The van der Waals surface area contributed by atoms with E-state index in [1.54, 1.807) is 18.2 Å². The molecule has 26 heteroatoms. The van der Waals surface area contributed by atoms with Crippen molar-refractivity contribution in [3.05, 3.63) is 135 Å². The summed E-state index contributed by atoms with van der Waals surface area (Å²) in [4.78, 5) is 81.9. The number of rotatable bonds is 17. The number of hydrogen-bond donors (Lipinski definition) is 9. The second kappa shape index (κ2) is 18.7. The summed E-state index contributed by atoms with van der Waals surface area (Å²) in [5.74, 6) is -5.68. The lowest BCUT2D eigenvalue weighted by molar-refractivity contribution is 0.0695. The van der Waals surface area contributed by atoms with Crippen LogP contribution in [0.5, 0.6) is 11.8 Å². The summed E-state index contributed by atoms with van der Waals surface area (Å²) in [6, 6.07) is 18.1. The molecule has 0 fully saturated rings. The van der Waals surface area contributed by atoms with Crippen LogP contribution in [0.3, 0.4) is 0 Å². The van der Waals surface area contributed by atoms with Crippen LogP contribution in [0.15, 0.2) is 106 Å². The molecule has 1 aliphatic rings. The number of nitrogen functional groups attached to an aromatic ring is 1. The second-order valence-corrected chi connectivity index (χ2v) is 18.3. The van der Waals surface area contributed by atoms with Gasteiger partial charge in [0.05, 0.1) is 63.7 Å². The van der Waals surface area contributed by atoms with Crippen LogP contribution in [0, 0.1) is 0 Å². The number of aliphatic hydroxyl groups is 2. The Morgan fingerprint density at radius 1 is 0.718 bits per heavy atom. The Balaban J connectivity index is 1.31. The smallest absolute Gasteiger partial charge is 0.335 e. The van der Waals surface area contributed by atoms with Crippen molar-refractivity contribution in [2.24, 2.45) is 0 Å². The Labute approximate surface area is 399 Å². The summed E-state index contributed by atoms with van der Waals surface area (Å²) in [5.41, 5.74) is 1.24. The zero-order valence-electron chi connectivity index (χ0n) is 36.4. The highest BCUT2D eigenvalue weighted by molar-refractivity contribution is 7.86. The van der Waals surface area contributed by atoms with E-state index in [4.69, 9.17) is 10.5 Å². The number of hydrogen-bond acceptors (Lipinski definition) is 19. The molecule has 5 aromatic carbocycles. The van der Waals surface area contributed by atoms with Gasteiger partial charge in [-0.25, -0.2) is 9.59 Å². The minimum absolute atomic E-state index is 0.0526. The summed E-state index contributed by atoms with van der Waals surface area (Å²) >= 11 is 0. The van der Waals surface area contributed by atoms with Crippen molar-refractivity contribution >= 4 is 89.3 Å². The number of carboxylic acid groups (broad SMARTS) is 2. The van der Waals surface area contributed by atoms with Crippen LogP contribution in [0.2, 0.25) is 0 Å². The highest BCUT2D eigenvalue weighted by Crippen LogP contribution is 2.47. The largest absolute Gasteiger partial charge is 0.478 e. The van der Waals surface area contributed by atoms with Gasteiger partial charge in [-0.2, -0.15) is 31.8 Å². The van der Waals surface area contributed by atoms with Gasteiger partial charge in [0.25, 0.3) is 25.8 Å². The number of carbonyl (C=O) groups is 4. The Bertz CT molecular complexity index is 3660. The number of H-pyrrole nitrogens is 1. The molecule has 0 atom stereocenters. The molecule has 0 bridgehead atoms. The number of carboxylic acids is 2. The summed E-state index contributed by atoms with van der Waals surface area (Å²) in [6.45, 7) is -1.31. The number of aromatic amines is 1. The highest BCUT2D eigenvalue weighted by atomic mass is 32.2. The molecule has 2 aromatic heterocycles. The number of ether oxygens (including phenoxy) is 1. The van der Waals surface area contributed by atoms with E-state index in [1.165, 1.54) is 48.3 Å². The molecule has 24 nitrogen and oxygen atoms in total. The number of nitrogens with one attached hydrogen (secondary N) is 2. The predicted molar refractivity (Wildman–Crippen MR) is 252 cm³/mol. The molecule has 0 amide bonds. The number of fused-ring (bicyclic) bond motifs is 2. The standard InChI is InChI=1S/C45H36N8O16S2/c1-52(43-49-44(53(11-13-54)12-14-55)51-45(50-43)69-24-16-22(41(59)60)15-23(17-24)42(61)62)30-20-31(70(63,64)65)28(18-27(30)46)47-29-19-32(71(66,67)68)37-35-33(25-9-5-6-10-26(25)39(57)34(29)35)36(40(58)48-37)38(56)21-7-3-2-4-8-21/h2-10,15-20,47,54-55H,11-14,46H2,1H3,(H,48,58)(H,59,60)(H,61,62)(H,63,64,65)(H,66,67,68). The first-order valence-electron chi connectivity index (χ1n) is 20.5. The van der Waals surface area contributed by atoms with Gasteiger partial charge in [0.1, 0.15) is 15.5 Å². The van der Waals surface area contributed by atoms with Crippen LogP contribution in [0.1, 0.15) is 52.6 Å².